The van der Waals surface area contributed by atoms with E-state index >= 15 is 0 Å². The monoisotopic (exact) mass is 352 g/mol. The Morgan fingerprint density at radius 3 is 2.38 bits per heavy atom. The zero-order valence-corrected chi connectivity index (χ0v) is 15.5. The fourth-order valence-electron chi connectivity index (χ4n) is 3.20. The van der Waals surface area contributed by atoms with Crippen LogP contribution in [0.15, 0.2) is 48.5 Å². The Bertz CT molecular complexity index is 689. The van der Waals surface area contributed by atoms with Gasteiger partial charge in [-0.15, -0.1) is 0 Å². The highest BCUT2D eigenvalue weighted by Crippen LogP contribution is 2.17. The van der Waals surface area contributed by atoms with Gasteiger partial charge in [-0.1, -0.05) is 24.1 Å². The molecule has 1 aliphatic heterocycles. The van der Waals surface area contributed by atoms with Gasteiger partial charge in [0.1, 0.15) is 5.75 Å². The van der Waals surface area contributed by atoms with Gasteiger partial charge in [0.25, 0.3) is 5.91 Å². The lowest BCUT2D eigenvalue weighted by atomic mass is 10.1. The average Bonchev–Trinajstić information content (AvgIpc) is 2.68. The van der Waals surface area contributed by atoms with Gasteiger partial charge in [0, 0.05) is 17.8 Å². The third kappa shape index (κ3) is 5.60. The highest BCUT2D eigenvalue weighted by Gasteiger charge is 2.09. The molecule has 1 fully saturated rings. The van der Waals surface area contributed by atoms with Crippen molar-refractivity contribution in [1.82, 2.24) is 4.90 Å². The lowest BCUT2D eigenvalue weighted by Gasteiger charge is -2.26. The number of carbonyl (C=O) groups excluding carboxylic acids is 1. The van der Waals surface area contributed by atoms with E-state index in [1.807, 2.05) is 55.5 Å². The van der Waals surface area contributed by atoms with Crippen LogP contribution in [0.2, 0.25) is 0 Å². The van der Waals surface area contributed by atoms with Crippen LogP contribution in [0.1, 0.15) is 41.6 Å². The van der Waals surface area contributed by atoms with Crippen LogP contribution in [-0.4, -0.2) is 37.0 Å². The summed E-state index contributed by atoms with van der Waals surface area (Å²) in [5, 5.41) is 2.91. The van der Waals surface area contributed by atoms with Crippen molar-refractivity contribution in [3.8, 4) is 5.75 Å². The van der Waals surface area contributed by atoms with Gasteiger partial charge in [-0.3, -0.25) is 4.79 Å². The molecule has 1 saturated heterocycles. The lowest BCUT2D eigenvalue weighted by Crippen LogP contribution is -2.31. The van der Waals surface area contributed by atoms with Crippen molar-refractivity contribution < 1.29 is 9.53 Å². The molecule has 0 aromatic heterocycles. The minimum Gasteiger partial charge on any atom is -0.494 e. The number of piperidine rings is 1. The molecule has 0 unspecified atom stereocenters. The van der Waals surface area contributed by atoms with Crippen LogP contribution in [0.5, 0.6) is 5.75 Å². The summed E-state index contributed by atoms with van der Waals surface area (Å²) in [7, 11) is 0. The summed E-state index contributed by atoms with van der Waals surface area (Å²) in [4.78, 5) is 14.7. The topological polar surface area (TPSA) is 41.6 Å². The van der Waals surface area contributed by atoms with Crippen molar-refractivity contribution in [3.63, 3.8) is 0 Å². The second kappa shape index (κ2) is 9.39. The Morgan fingerprint density at radius 1 is 1.00 bits per heavy atom. The molecular weight excluding hydrogens is 324 g/mol. The maximum Gasteiger partial charge on any atom is 0.255 e. The summed E-state index contributed by atoms with van der Waals surface area (Å²) in [5.41, 5.74) is 2.58. The minimum absolute atomic E-state index is 0.0970. The first-order chi connectivity index (χ1) is 12.7. The smallest absolute Gasteiger partial charge is 0.255 e. The van der Waals surface area contributed by atoms with Gasteiger partial charge in [0.05, 0.1) is 6.61 Å². The van der Waals surface area contributed by atoms with Crippen LogP contribution in [0.3, 0.4) is 0 Å². The van der Waals surface area contributed by atoms with Gasteiger partial charge in [0.2, 0.25) is 0 Å². The predicted octanol–water partition coefficient (Wildman–Crippen LogP) is 4.50. The van der Waals surface area contributed by atoms with Crippen LogP contribution in [0, 0.1) is 6.92 Å². The predicted molar refractivity (Wildman–Crippen MR) is 106 cm³/mol. The number of anilines is 1. The van der Waals surface area contributed by atoms with Crippen LogP contribution in [0.4, 0.5) is 5.69 Å². The van der Waals surface area contributed by atoms with Crippen LogP contribution >= 0.6 is 0 Å². The third-order valence-electron chi connectivity index (χ3n) is 4.76. The first kappa shape index (κ1) is 18.5. The quantitative estimate of drug-likeness (QED) is 0.746. The van der Waals surface area contributed by atoms with E-state index in [0.717, 1.165) is 36.6 Å². The lowest BCUT2D eigenvalue weighted by molar-refractivity contribution is 0.102. The highest BCUT2D eigenvalue weighted by molar-refractivity contribution is 6.04. The van der Waals surface area contributed by atoms with Gasteiger partial charge in [0.15, 0.2) is 0 Å². The van der Waals surface area contributed by atoms with E-state index in [-0.39, 0.29) is 5.91 Å². The van der Waals surface area contributed by atoms with Gasteiger partial charge < -0.3 is 15.0 Å². The van der Waals surface area contributed by atoms with E-state index in [4.69, 9.17) is 4.74 Å². The highest BCUT2D eigenvalue weighted by atomic mass is 16.5. The maximum atomic E-state index is 12.2. The first-order valence-electron chi connectivity index (χ1n) is 9.54. The fraction of sp³-hybridized carbons (Fsp3) is 0.409. The fourth-order valence-corrected chi connectivity index (χ4v) is 3.20. The van der Waals surface area contributed by atoms with E-state index in [1.54, 1.807) is 0 Å². The molecule has 2 aromatic carbocycles. The molecule has 4 heteroatoms. The zero-order valence-electron chi connectivity index (χ0n) is 15.5. The van der Waals surface area contributed by atoms with Crippen molar-refractivity contribution in [3.05, 3.63) is 59.7 Å². The number of carbonyl (C=O) groups is 1. The van der Waals surface area contributed by atoms with Crippen molar-refractivity contribution in [1.29, 1.82) is 0 Å². The van der Waals surface area contributed by atoms with Gasteiger partial charge in [-0.2, -0.15) is 0 Å². The molecule has 1 amide bonds. The normalized spacial score (nSPS) is 14.8. The number of amides is 1. The molecule has 1 heterocycles. The van der Waals surface area contributed by atoms with E-state index in [9.17, 15) is 4.79 Å². The summed E-state index contributed by atoms with van der Waals surface area (Å²) < 4.78 is 5.82. The number of rotatable bonds is 7. The average molecular weight is 352 g/mol. The Kier molecular flexibility index (Phi) is 6.67. The van der Waals surface area contributed by atoms with E-state index in [2.05, 4.69) is 10.2 Å². The Hall–Kier alpha value is -2.33. The summed E-state index contributed by atoms with van der Waals surface area (Å²) >= 11 is 0. The van der Waals surface area contributed by atoms with Gasteiger partial charge >= 0.3 is 0 Å². The molecule has 1 N–H and O–H groups in total. The molecule has 0 spiro atoms. The van der Waals surface area contributed by atoms with Crippen molar-refractivity contribution in [2.75, 3.05) is 31.6 Å². The SMILES string of the molecule is Cc1ccc(C(=O)Nc2ccc(OCCCN3CCCCC3)cc2)cc1. The summed E-state index contributed by atoms with van der Waals surface area (Å²) in [6.45, 7) is 6.31. The Morgan fingerprint density at radius 2 is 1.69 bits per heavy atom. The molecule has 0 radical (unpaired) electrons. The molecular formula is C22H28N2O2. The molecule has 0 bridgehead atoms. The van der Waals surface area contributed by atoms with Crippen molar-refractivity contribution in [2.24, 2.45) is 0 Å². The number of hydrogen-bond acceptors (Lipinski definition) is 3. The maximum absolute atomic E-state index is 12.2. The second-order valence-electron chi connectivity index (χ2n) is 6.95. The molecule has 0 saturated carbocycles. The Balaban J connectivity index is 1.41. The second-order valence-corrected chi connectivity index (χ2v) is 6.95. The molecule has 0 atom stereocenters. The van der Waals surface area contributed by atoms with Crippen LogP contribution in [0.25, 0.3) is 0 Å². The summed E-state index contributed by atoms with van der Waals surface area (Å²) in [6.07, 6.45) is 5.08. The van der Waals surface area contributed by atoms with Crippen molar-refractivity contribution >= 4 is 11.6 Å². The molecule has 1 aliphatic rings. The van der Waals surface area contributed by atoms with E-state index in [1.165, 1.54) is 32.4 Å². The number of aryl methyl sites for hydroxylation is 1. The van der Waals surface area contributed by atoms with Crippen LogP contribution in [-0.2, 0) is 0 Å². The van der Waals surface area contributed by atoms with E-state index < -0.39 is 0 Å². The van der Waals surface area contributed by atoms with Gasteiger partial charge in [-0.25, -0.2) is 0 Å². The molecule has 138 valence electrons. The van der Waals surface area contributed by atoms with Gasteiger partial charge in [-0.05, 0) is 75.7 Å². The van der Waals surface area contributed by atoms with Crippen LogP contribution < -0.4 is 10.1 Å². The Labute approximate surface area is 156 Å². The number of likely N-dealkylation sites (tertiary alicyclic amines) is 1. The van der Waals surface area contributed by atoms with Crippen molar-refractivity contribution in [2.45, 2.75) is 32.6 Å². The first-order valence-corrected chi connectivity index (χ1v) is 9.54. The molecule has 4 nitrogen and oxygen atoms in total. The number of ether oxygens (including phenoxy) is 1. The number of hydrogen-bond donors (Lipinski definition) is 1. The summed E-state index contributed by atoms with van der Waals surface area (Å²) in [5.74, 6) is 0.747. The summed E-state index contributed by atoms with van der Waals surface area (Å²) in [6, 6.07) is 15.1. The number of nitrogens with zero attached hydrogens (tertiary/aromatic N) is 1. The molecule has 26 heavy (non-hydrogen) atoms. The van der Waals surface area contributed by atoms with E-state index in [0.29, 0.717) is 5.56 Å². The molecule has 3 rings (SSSR count). The minimum atomic E-state index is -0.0970. The third-order valence-corrected chi connectivity index (χ3v) is 4.76. The standard InChI is InChI=1S/C22H28N2O2/c1-18-6-8-19(9-7-18)22(25)23-20-10-12-21(13-11-20)26-17-5-16-24-14-3-2-4-15-24/h6-13H,2-5,14-17H2,1H3,(H,23,25). The molecule has 0 aliphatic carbocycles. The largest absolute Gasteiger partial charge is 0.494 e. The molecule has 2 aromatic rings. The number of benzene rings is 2. The zero-order chi connectivity index (χ0) is 18.2. The number of nitrogens with one attached hydrogen (secondary N) is 1.